The Morgan fingerprint density at radius 1 is 1.18 bits per heavy atom. The molecule has 0 spiro atoms. The van der Waals surface area contributed by atoms with Gasteiger partial charge in [0.2, 0.25) is 0 Å². The van der Waals surface area contributed by atoms with E-state index in [1.165, 1.54) is 4.68 Å². The summed E-state index contributed by atoms with van der Waals surface area (Å²) in [4.78, 5) is 17.4. The van der Waals surface area contributed by atoms with Gasteiger partial charge in [-0.2, -0.15) is 9.78 Å². The fraction of sp³-hybridized carbons (Fsp3) is 0.250. The van der Waals surface area contributed by atoms with E-state index in [0.29, 0.717) is 33.8 Å². The first-order chi connectivity index (χ1) is 13.3. The quantitative estimate of drug-likeness (QED) is 0.459. The minimum atomic E-state index is -0.242. The molecule has 0 aliphatic carbocycles. The van der Waals surface area contributed by atoms with Crippen LogP contribution in [0.2, 0.25) is 0 Å². The van der Waals surface area contributed by atoms with Crippen LogP contribution in [0.5, 0.6) is 11.5 Å². The Morgan fingerprint density at radius 2 is 1.93 bits per heavy atom. The van der Waals surface area contributed by atoms with Gasteiger partial charge in [0.05, 0.1) is 30.3 Å². The van der Waals surface area contributed by atoms with Gasteiger partial charge in [0.15, 0.2) is 11.5 Å². The lowest BCUT2D eigenvalue weighted by Gasteiger charge is -2.16. The van der Waals surface area contributed by atoms with E-state index in [9.17, 15) is 4.79 Å². The molecule has 0 bridgehead atoms. The Hall–Kier alpha value is -2.19. The van der Waals surface area contributed by atoms with Gasteiger partial charge in [-0.05, 0) is 51.1 Å². The van der Waals surface area contributed by atoms with E-state index < -0.39 is 0 Å². The number of benzene rings is 2. The van der Waals surface area contributed by atoms with E-state index in [-0.39, 0.29) is 11.7 Å². The minimum absolute atomic E-state index is 0.0497. The first-order valence-corrected chi connectivity index (χ1v) is 10.2. The third-order valence-electron chi connectivity index (χ3n) is 3.90. The lowest BCUT2D eigenvalue weighted by Crippen LogP contribution is -2.20. The summed E-state index contributed by atoms with van der Waals surface area (Å²) in [5.74, 6) is 1.63. The highest BCUT2D eigenvalue weighted by Crippen LogP contribution is 2.34. The molecule has 2 aromatic carbocycles. The molecule has 28 heavy (non-hydrogen) atoms. The van der Waals surface area contributed by atoms with Crippen LogP contribution >= 0.6 is 31.9 Å². The summed E-state index contributed by atoms with van der Waals surface area (Å²) < 4.78 is 14.2. The standard InChI is InChI=1S/C20H19Br2N3O3/c1-11(2)28-19-13(7-15(22)9-18(19)27-4)10-23-25-12(3)24-17-6-5-14(21)8-16(17)20(25)26/h5-11H,1-4H3. The molecule has 0 aliphatic rings. The van der Waals surface area contributed by atoms with Crippen LogP contribution in [0, 0.1) is 6.92 Å². The number of halogens is 2. The van der Waals surface area contributed by atoms with Crippen LogP contribution in [-0.2, 0) is 0 Å². The first-order valence-electron chi connectivity index (χ1n) is 8.57. The highest BCUT2D eigenvalue weighted by molar-refractivity contribution is 9.10. The maximum Gasteiger partial charge on any atom is 0.282 e. The second-order valence-electron chi connectivity index (χ2n) is 6.38. The topological polar surface area (TPSA) is 65.7 Å². The van der Waals surface area contributed by atoms with Crippen molar-refractivity contribution in [1.29, 1.82) is 0 Å². The number of ether oxygens (including phenoxy) is 2. The third kappa shape index (κ3) is 4.28. The summed E-state index contributed by atoms with van der Waals surface area (Å²) in [6.07, 6.45) is 1.52. The van der Waals surface area contributed by atoms with Gasteiger partial charge in [-0.3, -0.25) is 4.79 Å². The molecule has 0 radical (unpaired) electrons. The fourth-order valence-corrected chi connectivity index (χ4v) is 3.53. The molecule has 3 aromatic rings. The number of nitrogens with zero attached hydrogens (tertiary/aromatic N) is 3. The molecule has 0 unspecified atom stereocenters. The second-order valence-corrected chi connectivity index (χ2v) is 8.21. The Kier molecular flexibility index (Phi) is 6.20. The Bertz CT molecular complexity index is 1120. The Labute approximate surface area is 179 Å². The molecule has 0 aliphatic heterocycles. The van der Waals surface area contributed by atoms with E-state index in [2.05, 4.69) is 41.9 Å². The van der Waals surface area contributed by atoms with E-state index in [1.807, 2.05) is 32.0 Å². The van der Waals surface area contributed by atoms with E-state index >= 15 is 0 Å². The van der Waals surface area contributed by atoms with E-state index in [0.717, 1.165) is 8.95 Å². The summed E-state index contributed by atoms with van der Waals surface area (Å²) in [5, 5.41) is 4.87. The molecule has 0 N–H and O–H groups in total. The lowest BCUT2D eigenvalue weighted by molar-refractivity contribution is 0.229. The zero-order chi connectivity index (χ0) is 20.4. The number of hydrogen-bond acceptors (Lipinski definition) is 5. The maximum atomic E-state index is 12.9. The highest BCUT2D eigenvalue weighted by atomic mass is 79.9. The number of methoxy groups -OCH3 is 1. The van der Waals surface area contributed by atoms with Crippen molar-refractivity contribution in [3.63, 3.8) is 0 Å². The summed E-state index contributed by atoms with van der Waals surface area (Å²) in [7, 11) is 1.58. The monoisotopic (exact) mass is 507 g/mol. The molecule has 0 fully saturated rings. The molecule has 0 saturated heterocycles. The molecule has 3 rings (SSSR count). The van der Waals surface area contributed by atoms with Crippen LogP contribution in [0.1, 0.15) is 25.2 Å². The maximum absolute atomic E-state index is 12.9. The van der Waals surface area contributed by atoms with Crippen molar-refractivity contribution in [2.75, 3.05) is 7.11 Å². The van der Waals surface area contributed by atoms with Crippen molar-refractivity contribution in [3.05, 3.63) is 61.0 Å². The number of aryl methyl sites for hydroxylation is 1. The van der Waals surface area contributed by atoms with E-state index in [4.69, 9.17) is 9.47 Å². The van der Waals surface area contributed by atoms with Gasteiger partial charge in [-0.15, -0.1) is 0 Å². The van der Waals surface area contributed by atoms with Crippen LogP contribution < -0.4 is 15.0 Å². The van der Waals surface area contributed by atoms with Crippen LogP contribution in [-0.4, -0.2) is 29.1 Å². The van der Waals surface area contributed by atoms with Gasteiger partial charge in [-0.1, -0.05) is 31.9 Å². The van der Waals surface area contributed by atoms with Gasteiger partial charge < -0.3 is 9.47 Å². The Morgan fingerprint density at radius 3 is 2.61 bits per heavy atom. The molecule has 0 atom stereocenters. The van der Waals surface area contributed by atoms with Crippen molar-refractivity contribution in [1.82, 2.24) is 9.66 Å². The normalized spacial score (nSPS) is 11.5. The molecular weight excluding hydrogens is 490 g/mol. The summed E-state index contributed by atoms with van der Waals surface area (Å²) in [6.45, 7) is 5.61. The SMILES string of the molecule is COc1cc(Br)cc(C=Nn2c(C)nc3ccc(Br)cc3c2=O)c1OC(C)C. The van der Waals surface area contributed by atoms with E-state index in [1.54, 1.807) is 32.4 Å². The van der Waals surface area contributed by atoms with Crippen molar-refractivity contribution in [2.24, 2.45) is 5.10 Å². The van der Waals surface area contributed by atoms with Crippen molar-refractivity contribution in [3.8, 4) is 11.5 Å². The summed E-state index contributed by atoms with van der Waals surface area (Å²) in [6, 6.07) is 9.07. The average molecular weight is 509 g/mol. The summed E-state index contributed by atoms with van der Waals surface area (Å²) in [5.41, 5.74) is 1.07. The van der Waals surface area contributed by atoms with Crippen LogP contribution in [0.3, 0.4) is 0 Å². The largest absolute Gasteiger partial charge is 0.493 e. The molecule has 1 heterocycles. The average Bonchev–Trinajstić information content (AvgIpc) is 2.63. The predicted molar refractivity (Wildman–Crippen MR) is 118 cm³/mol. The van der Waals surface area contributed by atoms with Gasteiger partial charge in [-0.25, -0.2) is 4.98 Å². The Balaban J connectivity index is 2.14. The van der Waals surface area contributed by atoms with Crippen LogP contribution in [0.15, 0.2) is 49.2 Å². The fourth-order valence-electron chi connectivity index (χ4n) is 2.71. The second kappa shape index (κ2) is 8.45. The first kappa shape index (κ1) is 20.5. The van der Waals surface area contributed by atoms with Crippen LogP contribution in [0.4, 0.5) is 0 Å². The third-order valence-corrected chi connectivity index (χ3v) is 4.86. The van der Waals surface area contributed by atoms with Crippen molar-refractivity contribution < 1.29 is 9.47 Å². The highest BCUT2D eigenvalue weighted by Gasteiger charge is 2.14. The molecule has 6 nitrogen and oxygen atoms in total. The van der Waals surface area contributed by atoms with Gasteiger partial charge in [0.1, 0.15) is 5.82 Å². The number of fused-ring (bicyclic) bond motifs is 1. The van der Waals surface area contributed by atoms with Crippen molar-refractivity contribution >= 4 is 49.0 Å². The number of aromatic nitrogens is 2. The zero-order valence-electron chi connectivity index (χ0n) is 15.9. The van der Waals surface area contributed by atoms with Crippen LogP contribution in [0.25, 0.3) is 10.9 Å². The molecule has 8 heteroatoms. The molecular formula is C20H19Br2N3O3. The smallest absolute Gasteiger partial charge is 0.282 e. The minimum Gasteiger partial charge on any atom is -0.493 e. The van der Waals surface area contributed by atoms with Gasteiger partial charge >= 0.3 is 0 Å². The van der Waals surface area contributed by atoms with Gasteiger partial charge in [0.25, 0.3) is 5.56 Å². The van der Waals surface area contributed by atoms with Gasteiger partial charge in [0, 0.05) is 14.5 Å². The number of hydrogen-bond donors (Lipinski definition) is 0. The van der Waals surface area contributed by atoms with Crippen molar-refractivity contribution in [2.45, 2.75) is 26.9 Å². The molecule has 0 amide bonds. The summed E-state index contributed by atoms with van der Waals surface area (Å²) >= 11 is 6.86. The molecule has 0 saturated carbocycles. The predicted octanol–water partition coefficient (Wildman–Crippen LogP) is 4.91. The molecule has 1 aromatic heterocycles. The zero-order valence-corrected chi connectivity index (χ0v) is 19.0. The number of rotatable bonds is 5. The molecule has 146 valence electrons. The lowest BCUT2D eigenvalue weighted by atomic mass is 10.2.